The molecule has 2 atom stereocenters. The fraction of sp³-hybridized carbons (Fsp3) is 0.500. The van der Waals surface area contributed by atoms with Crippen LogP contribution in [0.2, 0.25) is 0 Å². The number of nitrogens with zero attached hydrogens (tertiary/aromatic N) is 2. The number of carbonyl (C=O) groups excluding carboxylic acids is 1. The Balaban J connectivity index is 2.51. The van der Waals surface area contributed by atoms with E-state index in [9.17, 15) is 9.18 Å². The van der Waals surface area contributed by atoms with Crippen LogP contribution in [-0.2, 0) is 9.63 Å². The maximum absolute atomic E-state index is 13.1. The van der Waals surface area contributed by atoms with Crippen molar-refractivity contribution >= 4 is 11.7 Å². The zero-order chi connectivity index (χ0) is 15.8. The molecule has 1 heterocycles. The molecular formula is C16H21FN2O2. The SMILES string of the molecule is CON=C1[C@H](c2ccc(F)cc2)[C@H](C)C(=O)N1C(C)(C)C. The lowest BCUT2D eigenvalue weighted by molar-refractivity contribution is -0.132. The molecule has 0 aliphatic carbocycles. The smallest absolute Gasteiger partial charge is 0.232 e. The molecule has 21 heavy (non-hydrogen) atoms. The summed E-state index contributed by atoms with van der Waals surface area (Å²) in [5, 5.41) is 4.08. The highest BCUT2D eigenvalue weighted by molar-refractivity contribution is 6.10. The predicted molar refractivity (Wildman–Crippen MR) is 79.3 cm³/mol. The lowest BCUT2D eigenvalue weighted by atomic mass is 9.89. The molecule has 1 fully saturated rings. The molecule has 4 nitrogen and oxygen atoms in total. The highest BCUT2D eigenvalue weighted by Gasteiger charge is 2.48. The van der Waals surface area contributed by atoms with E-state index in [4.69, 9.17) is 4.84 Å². The third-order valence-corrected chi connectivity index (χ3v) is 3.70. The summed E-state index contributed by atoms with van der Waals surface area (Å²) < 4.78 is 13.1. The number of likely N-dealkylation sites (tertiary alicyclic amines) is 1. The van der Waals surface area contributed by atoms with Crippen molar-refractivity contribution in [2.45, 2.75) is 39.2 Å². The molecule has 1 aliphatic heterocycles. The number of amides is 1. The van der Waals surface area contributed by atoms with Crippen LogP contribution in [0.25, 0.3) is 0 Å². The molecule has 1 aromatic rings. The van der Waals surface area contributed by atoms with Crippen molar-refractivity contribution in [1.82, 2.24) is 4.90 Å². The van der Waals surface area contributed by atoms with Crippen molar-refractivity contribution in [3.63, 3.8) is 0 Å². The van der Waals surface area contributed by atoms with Crippen LogP contribution in [0.4, 0.5) is 4.39 Å². The summed E-state index contributed by atoms with van der Waals surface area (Å²) in [6.45, 7) is 7.73. The third kappa shape index (κ3) is 2.77. The average Bonchev–Trinajstić information content (AvgIpc) is 2.63. The minimum Gasteiger partial charge on any atom is -0.398 e. The average molecular weight is 292 g/mol. The second-order valence-corrected chi connectivity index (χ2v) is 6.29. The molecule has 1 aliphatic rings. The van der Waals surface area contributed by atoms with Crippen LogP contribution in [-0.4, -0.2) is 29.3 Å². The molecule has 0 radical (unpaired) electrons. The third-order valence-electron chi connectivity index (χ3n) is 3.70. The van der Waals surface area contributed by atoms with Gasteiger partial charge in [0.1, 0.15) is 12.9 Å². The van der Waals surface area contributed by atoms with Gasteiger partial charge in [-0.2, -0.15) is 0 Å². The van der Waals surface area contributed by atoms with Crippen LogP contribution >= 0.6 is 0 Å². The molecule has 0 saturated carbocycles. The van der Waals surface area contributed by atoms with Crippen LogP contribution in [0, 0.1) is 11.7 Å². The highest BCUT2D eigenvalue weighted by atomic mass is 19.1. The Morgan fingerprint density at radius 2 is 1.81 bits per heavy atom. The van der Waals surface area contributed by atoms with Gasteiger partial charge in [0.05, 0.1) is 5.92 Å². The molecular weight excluding hydrogens is 271 g/mol. The summed E-state index contributed by atoms with van der Waals surface area (Å²) in [6, 6.07) is 6.19. The molecule has 1 aromatic carbocycles. The molecule has 0 N–H and O–H groups in total. The molecule has 0 aromatic heterocycles. The van der Waals surface area contributed by atoms with Crippen LogP contribution in [0.1, 0.15) is 39.2 Å². The zero-order valence-corrected chi connectivity index (χ0v) is 13.1. The second kappa shape index (κ2) is 5.47. The zero-order valence-electron chi connectivity index (χ0n) is 13.1. The van der Waals surface area contributed by atoms with E-state index in [-0.39, 0.29) is 23.6 Å². The Kier molecular flexibility index (Phi) is 4.03. The standard InChI is InChI=1S/C16H21FN2O2/c1-10-13(11-6-8-12(17)9-7-11)14(18-21-5)19(15(10)20)16(2,3)4/h6-10,13H,1-5H3/t10-,13-/m0/s1. The number of rotatable bonds is 2. The summed E-state index contributed by atoms with van der Waals surface area (Å²) in [7, 11) is 1.46. The summed E-state index contributed by atoms with van der Waals surface area (Å²) >= 11 is 0. The lowest BCUT2D eigenvalue weighted by Crippen LogP contribution is -2.46. The molecule has 1 amide bonds. The van der Waals surface area contributed by atoms with Gasteiger partial charge >= 0.3 is 0 Å². The predicted octanol–water partition coefficient (Wildman–Crippen LogP) is 3.15. The number of hydrogen-bond donors (Lipinski definition) is 0. The number of benzene rings is 1. The van der Waals surface area contributed by atoms with Gasteiger partial charge in [-0.25, -0.2) is 4.39 Å². The van der Waals surface area contributed by atoms with Gasteiger partial charge in [0.25, 0.3) is 0 Å². The van der Waals surface area contributed by atoms with E-state index in [1.807, 2.05) is 27.7 Å². The first kappa shape index (κ1) is 15.5. The van der Waals surface area contributed by atoms with Crippen LogP contribution in [0.15, 0.2) is 29.4 Å². The van der Waals surface area contributed by atoms with Crippen molar-refractivity contribution in [2.75, 3.05) is 7.11 Å². The summed E-state index contributed by atoms with van der Waals surface area (Å²) in [4.78, 5) is 19.2. The quantitative estimate of drug-likeness (QED) is 0.786. The molecule has 2 rings (SSSR count). The summed E-state index contributed by atoms with van der Waals surface area (Å²) in [6.07, 6.45) is 0. The maximum atomic E-state index is 13.1. The number of carbonyl (C=O) groups is 1. The van der Waals surface area contributed by atoms with Gasteiger partial charge in [-0.05, 0) is 38.5 Å². The first-order chi connectivity index (χ1) is 9.77. The van der Waals surface area contributed by atoms with Gasteiger partial charge < -0.3 is 4.84 Å². The molecule has 0 bridgehead atoms. The van der Waals surface area contributed by atoms with Gasteiger partial charge in [-0.15, -0.1) is 0 Å². The Morgan fingerprint density at radius 3 is 2.29 bits per heavy atom. The van der Waals surface area contributed by atoms with E-state index in [1.54, 1.807) is 17.0 Å². The van der Waals surface area contributed by atoms with Crippen molar-refractivity contribution in [1.29, 1.82) is 0 Å². The molecule has 5 heteroatoms. The monoisotopic (exact) mass is 292 g/mol. The van der Waals surface area contributed by atoms with E-state index in [0.717, 1.165) is 5.56 Å². The van der Waals surface area contributed by atoms with E-state index in [0.29, 0.717) is 5.84 Å². The van der Waals surface area contributed by atoms with E-state index in [1.165, 1.54) is 19.2 Å². The maximum Gasteiger partial charge on any atom is 0.232 e. The van der Waals surface area contributed by atoms with Gasteiger partial charge in [0.15, 0.2) is 5.84 Å². The summed E-state index contributed by atoms with van der Waals surface area (Å²) in [5.74, 6) is -0.198. The van der Waals surface area contributed by atoms with E-state index >= 15 is 0 Å². The van der Waals surface area contributed by atoms with Crippen molar-refractivity contribution in [3.05, 3.63) is 35.6 Å². The lowest BCUT2D eigenvalue weighted by Gasteiger charge is -2.32. The van der Waals surface area contributed by atoms with Gasteiger partial charge in [0.2, 0.25) is 5.91 Å². The van der Waals surface area contributed by atoms with Gasteiger partial charge in [0, 0.05) is 11.5 Å². The Bertz CT molecular complexity index is 561. The Labute approximate surface area is 124 Å². The summed E-state index contributed by atoms with van der Waals surface area (Å²) in [5.41, 5.74) is 0.470. The number of oxime groups is 1. The van der Waals surface area contributed by atoms with Gasteiger partial charge in [-0.3, -0.25) is 9.69 Å². The van der Waals surface area contributed by atoms with Crippen molar-refractivity contribution < 1.29 is 14.0 Å². The normalized spacial score (nSPS) is 24.8. The first-order valence-corrected chi connectivity index (χ1v) is 6.98. The fourth-order valence-corrected chi connectivity index (χ4v) is 2.80. The first-order valence-electron chi connectivity index (χ1n) is 6.98. The number of halogens is 1. The number of amidine groups is 1. The Morgan fingerprint density at radius 1 is 1.24 bits per heavy atom. The Hall–Kier alpha value is -1.91. The molecule has 1 saturated heterocycles. The van der Waals surface area contributed by atoms with Crippen molar-refractivity contribution in [2.24, 2.45) is 11.1 Å². The molecule has 0 unspecified atom stereocenters. The topological polar surface area (TPSA) is 41.9 Å². The van der Waals surface area contributed by atoms with Gasteiger partial charge in [-0.1, -0.05) is 24.2 Å². The second-order valence-electron chi connectivity index (χ2n) is 6.29. The molecule has 114 valence electrons. The highest BCUT2D eigenvalue weighted by Crippen LogP contribution is 2.39. The minimum absolute atomic E-state index is 0.00706. The molecule has 0 spiro atoms. The van der Waals surface area contributed by atoms with E-state index in [2.05, 4.69) is 5.16 Å². The minimum atomic E-state index is -0.391. The van der Waals surface area contributed by atoms with Crippen LogP contribution in [0.3, 0.4) is 0 Å². The van der Waals surface area contributed by atoms with Crippen molar-refractivity contribution in [3.8, 4) is 0 Å². The van der Waals surface area contributed by atoms with E-state index < -0.39 is 5.54 Å². The van der Waals surface area contributed by atoms with Crippen LogP contribution in [0.5, 0.6) is 0 Å². The fourth-order valence-electron chi connectivity index (χ4n) is 2.80. The van der Waals surface area contributed by atoms with Crippen LogP contribution < -0.4 is 0 Å². The largest absolute Gasteiger partial charge is 0.398 e. The number of hydrogen-bond acceptors (Lipinski definition) is 3.